The number of nitrogens with one attached hydrogen (secondary N) is 2. The lowest BCUT2D eigenvalue weighted by molar-refractivity contribution is -0.136. The highest BCUT2D eigenvalue weighted by Crippen LogP contribution is 2.54. The van der Waals surface area contributed by atoms with Crippen LogP contribution in [0.1, 0.15) is 25.1 Å². The molecule has 1 unspecified atom stereocenters. The van der Waals surface area contributed by atoms with Crippen LogP contribution in [0.4, 0.5) is 0 Å². The third-order valence-corrected chi connectivity index (χ3v) is 6.58. The van der Waals surface area contributed by atoms with E-state index in [9.17, 15) is 18.0 Å². The second-order valence-electron chi connectivity index (χ2n) is 8.46. The predicted molar refractivity (Wildman–Crippen MR) is 111 cm³/mol. The first-order valence-corrected chi connectivity index (χ1v) is 11.9. The van der Waals surface area contributed by atoms with Crippen LogP contribution in [0.2, 0.25) is 0 Å². The molecule has 2 aliphatic heterocycles. The van der Waals surface area contributed by atoms with Gasteiger partial charge in [-0.3, -0.25) is 19.4 Å². The number of amidine groups is 1. The topological polar surface area (TPSA) is 135 Å². The molecule has 2 fully saturated rings. The summed E-state index contributed by atoms with van der Waals surface area (Å²) in [6.45, 7) is 1.04. The number of rotatable bonds is 6. The van der Waals surface area contributed by atoms with Gasteiger partial charge < -0.3 is 14.6 Å². The molecule has 0 aromatic carbocycles. The molecule has 2 N–H and O–H groups in total. The summed E-state index contributed by atoms with van der Waals surface area (Å²) in [5, 5.41) is 3.20. The summed E-state index contributed by atoms with van der Waals surface area (Å²) in [4.78, 5) is 35.7. The minimum Gasteiger partial charge on any atom is -0.466 e. The number of aromatic nitrogens is 2. The van der Waals surface area contributed by atoms with Crippen molar-refractivity contribution < 1.29 is 22.7 Å². The third kappa shape index (κ3) is 4.49. The molecule has 3 aliphatic rings. The highest BCUT2D eigenvalue weighted by atomic mass is 32.2. The average Bonchev–Trinajstić information content (AvgIpc) is 3.14. The molecule has 12 heteroatoms. The zero-order chi connectivity index (χ0) is 22.4. The summed E-state index contributed by atoms with van der Waals surface area (Å²) in [5.74, 6) is 0.100. The van der Waals surface area contributed by atoms with Gasteiger partial charge in [0.2, 0.25) is 10.0 Å². The van der Waals surface area contributed by atoms with Crippen molar-refractivity contribution in [2.75, 3.05) is 33.0 Å². The van der Waals surface area contributed by atoms with Crippen molar-refractivity contribution in [3.8, 4) is 0 Å². The quantitative estimate of drug-likeness (QED) is 0.534. The summed E-state index contributed by atoms with van der Waals surface area (Å²) in [6.07, 6.45) is 7.01. The number of ether oxygens (including phenoxy) is 1. The van der Waals surface area contributed by atoms with Crippen LogP contribution in [0.15, 0.2) is 28.7 Å². The maximum atomic E-state index is 12.7. The van der Waals surface area contributed by atoms with Gasteiger partial charge >= 0.3 is 5.97 Å². The van der Waals surface area contributed by atoms with E-state index in [1.807, 2.05) is 16.5 Å². The fraction of sp³-hybridized carbons (Fsp3) is 0.579. The highest BCUT2D eigenvalue weighted by molar-refractivity contribution is 7.89. The monoisotopic (exact) mass is 450 g/mol. The van der Waals surface area contributed by atoms with E-state index in [0.29, 0.717) is 35.9 Å². The summed E-state index contributed by atoms with van der Waals surface area (Å²) >= 11 is 0. The molecule has 1 saturated carbocycles. The van der Waals surface area contributed by atoms with Crippen LogP contribution in [0, 0.1) is 5.41 Å². The number of imidazole rings is 1. The lowest BCUT2D eigenvalue weighted by Gasteiger charge is -2.28. The molecule has 31 heavy (non-hydrogen) atoms. The number of carbonyl (C=O) groups excluding carboxylic acids is 2. The van der Waals surface area contributed by atoms with Crippen LogP contribution in [0.5, 0.6) is 0 Å². The number of methoxy groups -OCH3 is 1. The standard InChI is InChI=1S/C19H26N6O5S/c1-24-7-6-20-16(24)15-21-9-12(18(27)30-2)13(22-15)10-25-11-19(4-5-19)8-14(25)17(26)23-31(3,28)29/h6-7,14H,4-5,8-11H2,1-3H3,(H,21,22)(H,23,26). The molecule has 11 nitrogen and oxygen atoms in total. The first-order valence-electron chi connectivity index (χ1n) is 9.96. The smallest absolute Gasteiger partial charge is 0.337 e. The summed E-state index contributed by atoms with van der Waals surface area (Å²) in [6, 6.07) is -0.596. The van der Waals surface area contributed by atoms with Crippen molar-refractivity contribution in [2.24, 2.45) is 17.5 Å². The predicted octanol–water partition coefficient (Wildman–Crippen LogP) is -0.873. The molecule has 1 atom stereocenters. The van der Waals surface area contributed by atoms with Gasteiger partial charge in [-0.15, -0.1) is 0 Å². The Morgan fingerprint density at radius 3 is 2.71 bits per heavy atom. The molecule has 168 valence electrons. The van der Waals surface area contributed by atoms with Gasteiger partial charge in [0.25, 0.3) is 5.91 Å². The maximum Gasteiger partial charge on any atom is 0.337 e. The zero-order valence-corrected chi connectivity index (χ0v) is 18.5. The highest BCUT2D eigenvalue weighted by Gasteiger charge is 2.54. The fourth-order valence-electron chi connectivity index (χ4n) is 4.24. The number of nitrogens with zero attached hydrogens (tertiary/aromatic N) is 4. The van der Waals surface area contributed by atoms with Crippen molar-refractivity contribution in [2.45, 2.75) is 25.3 Å². The van der Waals surface area contributed by atoms with E-state index in [1.54, 1.807) is 12.4 Å². The van der Waals surface area contributed by atoms with Crippen molar-refractivity contribution in [3.05, 3.63) is 29.5 Å². The molecule has 1 spiro atoms. The van der Waals surface area contributed by atoms with Gasteiger partial charge in [0.15, 0.2) is 11.7 Å². The van der Waals surface area contributed by atoms with Gasteiger partial charge in [0.05, 0.1) is 31.5 Å². The Morgan fingerprint density at radius 1 is 1.39 bits per heavy atom. The maximum absolute atomic E-state index is 12.7. The van der Waals surface area contributed by atoms with Crippen molar-refractivity contribution in [1.29, 1.82) is 0 Å². The number of carbonyl (C=O) groups is 2. The minimum atomic E-state index is -3.66. The van der Waals surface area contributed by atoms with E-state index < -0.39 is 27.9 Å². The van der Waals surface area contributed by atoms with E-state index in [1.165, 1.54) is 7.11 Å². The molecular weight excluding hydrogens is 424 g/mol. The Labute approximate surface area is 180 Å². The molecular formula is C19H26N6O5S. The Balaban J connectivity index is 1.60. The molecule has 1 amide bonds. The van der Waals surface area contributed by atoms with Crippen LogP contribution >= 0.6 is 0 Å². The zero-order valence-electron chi connectivity index (χ0n) is 17.7. The van der Waals surface area contributed by atoms with Gasteiger partial charge in [-0.2, -0.15) is 0 Å². The molecule has 0 radical (unpaired) electrons. The van der Waals surface area contributed by atoms with E-state index in [2.05, 4.69) is 20.0 Å². The van der Waals surface area contributed by atoms with E-state index >= 15 is 0 Å². The van der Waals surface area contributed by atoms with Crippen molar-refractivity contribution >= 4 is 27.7 Å². The van der Waals surface area contributed by atoms with Gasteiger partial charge in [-0.05, 0) is 24.7 Å². The lowest BCUT2D eigenvalue weighted by Crippen LogP contribution is -2.47. The van der Waals surface area contributed by atoms with Gasteiger partial charge in [-0.1, -0.05) is 0 Å². The first-order chi connectivity index (χ1) is 14.6. The van der Waals surface area contributed by atoms with Gasteiger partial charge in [0.1, 0.15) is 0 Å². The Hall–Kier alpha value is -2.73. The molecule has 0 bridgehead atoms. The Bertz CT molecular complexity index is 1090. The molecule has 1 aliphatic carbocycles. The van der Waals surface area contributed by atoms with Crippen LogP contribution in [0.25, 0.3) is 0 Å². The normalized spacial score (nSPS) is 22.8. The van der Waals surface area contributed by atoms with Gasteiger partial charge in [0, 0.05) is 38.2 Å². The van der Waals surface area contributed by atoms with Gasteiger partial charge in [-0.25, -0.2) is 18.2 Å². The SMILES string of the molecule is COC(=O)C1=C(CN2CC3(CC3)CC2C(=O)NS(C)(=O)=O)NC(c2nccn2C)=NC1. The number of aryl methyl sites for hydroxylation is 1. The lowest BCUT2D eigenvalue weighted by atomic mass is 10.0. The molecule has 1 aromatic rings. The number of amides is 1. The van der Waals surface area contributed by atoms with E-state index in [4.69, 9.17) is 4.74 Å². The number of aliphatic imine (C=N–C) groups is 1. The Morgan fingerprint density at radius 2 is 2.13 bits per heavy atom. The van der Waals surface area contributed by atoms with Crippen LogP contribution < -0.4 is 10.0 Å². The number of hydrogen-bond donors (Lipinski definition) is 2. The van der Waals surface area contributed by atoms with Crippen molar-refractivity contribution in [1.82, 2.24) is 24.5 Å². The largest absolute Gasteiger partial charge is 0.466 e. The summed E-state index contributed by atoms with van der Waals surface area (Å²) in [7, 11) is -0.514. The number of sulfonamides is 1. The minimum absolute atomic E-state index is 0.0385. The van der Waals surface area contributed by atoms with Crippen LogP contribution in [-0.2, 0) is 31.4 Å². The Kier molecular flexibility index (Phi) is 5.38. The van der Waals surface area contributed by atoms with Crippen molar-refractivity contribution in [3.63, 3.8) is 0 Å². The second-order valence-corrected chi connectivity index (χ2v) is 10.2. The van der Waals surface area contributed by atoms with Crippen LogP contribution in [-0.4, -0.2) is 79.6 Å². The summed E-state index contributed by atoms with van der Waals surface area (Å²) < 4.78 is 32.0. The first kappa shape index (κ1) is 21.5. The number of esters is 1. The van der Waals surface area contributed by atoms with Crippen LogP contribution in [0.3, 0.4) is 0 Å². The number of hydrogen-bond acceptors (Lipinski definition) is 9. The van der Waals surface area contributed by atoms with E-state index in [0.717, 1.165) is 19.1 Å². The third-order valence-electron chi connectivity index (χ3n) is 6.01. The molecule has 3 heterocycles. The van der Waals surface area contributed by atoms with E-state index in [-0.39, 0.29) is 18.5 Å². The molecule has 1 aromatic heterocycles. The average molecular weight is 451 g/mol. The number of likely N-dealkylation sites (tertiary alicyclic amines) is 1. The fourth-order valence-corrected chi connectivity index (χ4v) is 4.74. The summed E-state index contributed by atoms with van der Waals surface area (Å²) in [5.41, 5.74) is 0.991. The second kappa shape index (κ2) is 7.75. The molecule has 4 rings (SSSR count). The molecule has 1 saturated heterocycles.